The van der Waals surface area contributed by atoms with Gasteiger partial charge >= 0.3 is 5.63 Å². The van der Waals surface area contributed by atoms with Crippen LogP contribution in [0.1, 0.15) is 5.56 Å². The van der Waals surface area contributed by atoms with Crippen LogP contribution < -0.4 is 15.3 Å². The van der Waals surface area contributed by atoms with Crippen LogP contribution in [0.15, 0.2) is 75.9 Å². The Morgan fingerprint density at radius 2 is 1.68 bits per heavy atom. The predicted octanol–water partition coefficient (Wildman–Crippen LogP) is 4.64. The highest BCUT2D eigenvalue weighted by Crippen LogP contribution is 2.31. The minimum absolute atomic E-state index is 0.105. The number of piperazine rings is 1. The van der Waals surface area contributed by atoms with Crippen LogP contribution in [-0.2, 0) is 6.54 Å². The number of aromatic hydroxyl groups is 1. The number of hydrogen-bond donors (Lipinski definition) is 1. The average Bonchev–Trinajstić information content (AvgIpc) is 2.87. The number of halogens is 1. The van der Waals surface area contributed by atoms with E-state index in [2.05, 4.69) is 9.80 Å². The first-order valence-electron chi connectivity index (χ1n) is 11.2. The molecule has 1 saturated heterocycles. The summed E-state index contributed by atoms with van der Waals surface area (Å²) in [5.74, 6) is 0.569. The molecule has 1 aromatic heterocycles. The third-order valence-electron chi connectivity index (χ3n) is 6.33. The van der Waals surface area contributed by atoms with Crippen molar-refractivity contribution in [2.75, 3.05) is 38.2 Å². The molecule has 3 aromatic carbocycles. The number of ether oxygens (including phenoxy) is 1. The lowest BCUT2D eigenvalue weighted by Crippen LogP contribution is -2.46. The Balaban J connectivity index is 1.38. The van der Waals surface area contributed by atoms with Crippen molar-refractivity contribution in [1.29, 1.82) is 0 Å². The van der Waals surface area contributed by atoms with Crippen molar-refractivity contribution in [3.05, 3.63) is 88.5 Å². The summed E-state index contributed by atoms with van der Waals surface area (Å²) >= 11 is 0. The molecule has 1 fully saturated rings. The maximum Gasteiger partial charge on any atom is 0.344 e. The number of rotatable bonds is 5. The number of phenolic OH excluding ortho intramolecular Hbond substituents is 1. The van der Waals surface area contributed by atoms with Gasteiger partial charge in [-0.1, -0.05) is 12.1 Å². The standard InChI is InChI=1S/C27H25FN2O4/c1-33-22-9-2-18(3-10-22)23-16-19-4-11-25(31)24(26(19)34-27(23)32)17-29-12-14-30(15-13-29)21-7-5-20(28)6-8-21/h2-11,16,31H,12-15,17H2,1H3. The van der Waals surface area contributed by atoms with E-state index in [9.17, 15) is 14.3 Å². The summed E-state index contributed by atoms with van der Waals surface area (Å²) < 4.78 is 24.1. The van der Waals surface area contributed by atoms with Gasteiger partial charge in [0.2, 0.25) is 0 Å². The van der Waals surface area contributed by atoms with Crippen LogP contribution in [0.25, 0.3) is 22.1 Å². The first kappa shape index (κ1) is 22.0. The molecule has 1 N–H and O–H groups in total. The van der Waals surface area contributed by atoms with E-state index in [1.807, 2.05) is 12.1 Å². The van der Waals surface area contributed by atoms with Gasteiger partial charge in [0, 0.05) is 43.8 Å². The number of phenols is 1. The topological polar surface area (TPSA) is 66.2 Å². The molecule has 5 rings (SSSR count). The molecule has 1 aliphatic rings. The summed E-state index contributed by atoms with van der Waals surface area (Å²) in [4.78, 5) is 17.3. The van der Waals surface area contributed by atoms with Gasteiger partial charge in [-0.2, -0.15) is 0 Å². The van der Waals surface area contributed by atoms with E-state index in [1.54, 1.807) is 49.6 Å². The summed E-state index contributed by atoms with van der Waals surface area (Å²) in [5.41, 5.74) is 2.74. The van der Waals surface area contributed by atoms with Crippen molar-refractivity contribution >= 4 is 16.7 Å². The van der Waals surface area contributed by atoms with Crippen molar-refractivity contribution in [2.45, 2.75) is 6.54 Å². The fourth-order valence-electron chi connectivity index (χ4n) is 4.40. The summed E-state index contributed by atoms with van der Waals surface area (Å²) in [7, 11) is 1.59. The van der Waals surface area contributed by atoms with Gasteiger partial charge < -0.3 is 19.2 Å². The normalized spacial score (nSPS) is 14.5. The van der Waals surface area contributed by atoms with E-state index in [0.717, 1.165) is 42.8 Å². The molecule has 0 amide bonds. The van der Waals surface area contributed by atoms with E-state index in [-0.39, 0.29) is 11.6 Å². The van der Waals surface area contributed by atoms with Gasteiger partial charge in [-0.3, -0.25) is 4.90 Å². The maximum absolute atomic E-state index is 13.2. The van der Waals surface area contributed by atoms with Gasteiger partial charge in [-0.25, -0.2) is 9.18 Å². The van der Waals surface area contributed by atoms with Crippen LogP contribution in [0.5, 0.6) is 11.5 Å². The molecule has 6 nitrogen and oxygen atoms in total. The van der Waals surface area contributed by atoms with Gasteiger partial charge in [0.05, 0.1) is 18.2 Å². The fourth-order valence-corrected chi connectivity index (χ4v) is 4.40. The highest BCUT2D eigenvalue weighted by Gasteiger charge is 2.21. The molecular weight excluding hydrogens is 435 g/mol. The second kappa shape index (κ2) is 9.19. The Morgan fingerprint density at radius 3 is 2.35 bits per heavy atom. The number of benzene rings is 3. The molecule has 0 saturated carbocycles. The molecular formula is C27H25FN2O4. The van der Waals surface area contributed by atoms with Gasteiger partial charge in [0.1, 0.15) is 22.9 Å². The average molecular weight is 461 g/mol. The highest BCUT2D eigenvalue weighted by molar-refractivity contribution is 5.85. The van der Waals surface area contributed by atoms with Gasteiger partial charge in [-0.05, 0) is 60.2 Å². The molecule has 0 unspecified atom stereocenters. The first-order valence-corrected chi connectivity index (χ1v) is 11.2. The molecule has 7 heteroatoms. The van der Waals surface area contributed by atoms with Crippen LogP contribution in [0, 0.1) is 5.82 Å². The molecule has 34 heavy (non-hydrogen) atoms. The first-order chi connectivity index (χ1) is 16.5. The Kier molecular flexibility index (Phi) is 5.94. The summed E-state index contributed by atoms with van der Waals surface area (Å²) in [6.45, 7) is 3.56. The van der Waals surface area contributed by atoms with Crippen LogP contribution >= 0.6 is 0 Å². The lowest BCUT2D eigenvalue weighted by atomic mass is 10.0. The molecule has 4 aromatic rings. The van der Waals surface area contributed by atoms with Crippen LogP contribution in [0.2, 0.25) is 0 Å². The largest absolute Gasteiger partial charge is 0.507 e. The van der Waals surface area contributed by atoms with Crippen molar-refractivity contribution < 1.29 is 18.7 Å². The number of methoxy groups -OCH3 is 1. The summed E-state index contributed by atoms with van der Waals surface area (Å²) in [6.07, 6.45) is 0. The lowest BCUT2D eigenvalue weighted by molar-refractivity contribution is 0.246. The monoisotopic (exact) mass is 460 g/mol. The third kappa shape index (κ3) is 4.34. The van der Waals surface area contributed by atoms with E-state index in [0.29, 0.717) is 29.0 Å². The van der Waals surface area contributed by atoms with Crippen LogP contribution in [0.4, 0.5) is 10.1 Å². The zero-order valence-corrected chi connectivity index (χ0v) is 18.8. The maximum atomic E-state index is 13.2. The minimum Gasteiger partial charge on any atom is -0.507 e. The molecule has 0 atom stereocenters. The van der Waals surface area contributed by atoms with Crippen molar-refractivity contribution in [1.82, 2.24) is 4.90 Å². The Morgan fingerprint density at radius 1 is 0.971 bits per heavy atom. The molecule has 0 spiro atoms. The van der Waals surface area contributed by atoms with Crippen molar-refractivity contribution in [3.63, 3.8) is 0 Å². The fraction of sp³-hybridized carbons (Fsp3) is 0.222. The highest BCUT2D eigenvalue weighted by atomic mass is 19.1. The van der Waals surface area contributed by atoms with Gasteiger partial charge in [0.25, 0.3) is 0 Å². The van der Waals surface area contributed by atoms with E-state index in [1.165, 1.54) is 12.1 Å². The lowest BCUT2D eigenvalue weighted by Gasteiger charge is -2.36. The molecule has 2 heterocycles. The smallest absolute Gasteiger partial charge is 0.344 e. The number of nitrogens with zero attached hydrogens (tertiary/aromatic N) is 2. The molecule has 174 valence electrons. The van der Waals surface area contributed by atoms with Crippen LogP contribution in [-0.4, -0.2) is 43.3 Å². The second-order valence-electron chi connectivity index (χ2n) is 8.40. The Bertz CT molecular complexity index is 1360. The van der Waals surface area contributed by atoms with Crippen molar-refractivity contribution in [2.24, 2.45) is 0 Å². The predicted molar refractivity (Wildman–Crippen MR) is 130 cm³/mol. The quantitative estimate of drug-likeness (QED) is 0.438. The number of anilines is 1. The second-order valence-corrected chi connectivity index (χ2v) is 8.40. The van der Waals surface area contributed by atoms with E-state index in [4.69, 9.17) is 9.15 Å². The zero-order chi connectivity index (χ0) is 23.7. The third-order valence-corrected chi connectivity index (χ3v) is 6.33. The molecule has 0 aliphatic carbocycles. The van der Waals surface area contributed by atoms with Crippen molar-refractivity contribution in [3.8, 4) is 22.6 Å². The Hall–Kier alpha value is -3.84. The number of fused-ring (bicyclic) bond motifs is 1. The van der Waals surface area contributed by atoms with E-state index < -0.39 is 5.63 Å². The van der Waals surface area contributed by atoms with Gasteiger partial charge in [-0.15, -0.1) is 0 Å². The summed E-state index contributed by atoms with van der Waals surface area (Å²) in [5, 5.41) is 11.3. The summed E-state index contributed by atoms with van der Waals surface area (Å²) in [6, 6.07) is 19.0. The van der Waals surface area contributed by atoms with Crippen LogP contribution in [0.3, 0.4) is 0 Å². The SMILES string of the molecule is COc1ccc(-c2cc3ccc(O)c(CN4CCN(c5ccc(F)cc5)CC4)c3oc2=O)cc1. The van der Waals surface area contributed by atoms with Gasteiger partial charge in [0.15, 0.2) is 0 Å². The zero-order valence-electron chi connectivity index (χ0n) is 18.8. The molecule has 0 bridgehead atoms. The number of hydrogen-bond acceptors (Lipinski definition) is 6. The van der Waals surface area contributed by atoms with E-state index >= 15 is 0 Å². The molecule has 0 radical (unpaired) electrons. The Labute approximate surface area is 196 Å². The minimum atomic E-state index is -0.453. The molecule has 1 aliphatic heterocycles.